The summed E-state index contributed by atoms with van der Waals surface area (Å²) in [5, 5.41) is 13.7. The van der Waals surface area contributed by atoms with Gasteiger partial charge in [0.05, 0.1) is 25.4 Å². The van der Waals surface area contributed by atoms with Crippen LogP contribution in [0.4, 0.5) is 0 Å². The van der Waals surface area contributed by atoms with Crippen LogP contribution in [0, 0.1) is 0 Å². The smallest absolute Gasteiger partial charge is 0.337 e. The molecule has 0 bridgehead atoms. The van der Waals surface area contributed by atoms with E-state index in [-0.39, 0.29) is 23.6 Å². The van der Waals surface area contributed by atoms with Crippen LogP contribution in [0.5, 0.6) is 17.2 Å². The number of methoxy groups -OCH3 is 1. The van der Waals surface area contributed by atoms with E-state index in [1.165, 1.54) is 0 Å². The highest BCUT2D eigenvalue weighted by Gasteiger charge is 2.42. The first-order valence-corrected chi connectivity index (χ1v) is 12.8. The molecule has 2 N–H and O–H groups in total. The molecule has 1 heterocycles. The third-order valence-electron chi connectivity index (χ3n) is 7.13. The normalized spacial score (nSPS) is 20.2. The summed E-state index contributed by atoms with van der Waals surface area (Å²) in [4.78, 5) is 27.2. The van der Waals surface area contributed by atoms with E-state index in [1.54, 1.807) is 25.3 Å². The van der Waals surface area contributed by atoms with E-state index < -0.39 is 11.9 Å². The second kappa shape index (κ2) is 11.1. The predicted octanol–water partition coefficient (Wildman–Crippen LogP) is 5.50. The molecule has 7 heteroatoms. The molecule has 2 aliphatic rings. The van der Waals surface area contributed by atoms with Crippen LogP contribution in [0.2, 0.25) is 0 Å². The summed E-state index contributed by atoms with van der Waals surface area (Å²) in [6, 6.07) is 12.8. The molecule has 0 saturated heterocycles. The number of dihydropyridines is 1. The number of ketones is 1. The average Bonchev–Trinajstić information content (AvgIpc) is 2.89. The molecule has 7 nitrogen and oxygen atoms in total. The highest BCUT2D eigenvalue weighted by atomic mass is 16.5. The van der Waals surface area contributed by atoms with Crippen molar-refractivity contribution in [2.75, 3.05) is 13.7 Å². The summed E-state index contributed by atoms with van der Waals surface area (Å²) in [5.41, 5.74) is 4.20. The van der Waals surface area contributed by atoms with Crippen LogP contribution in [0.15, 0.2) is 65.0 Å². The van der Waals surface area contributed by atoms with E-state index in [9.17, 15) is 14.7 Å². The summed E-state index contributed by atoms with van der Waals surface area (Å²) in [6.45, 7) is 7.85. The topological polar surface area (TPSA) is 94.1 Å². The minimum Gasteiger partial charge on any atom is -0.504 e. The number of phenolic OH excluding ortho intramolecular Hbond substituents is 1. The van der Waals surface area contributed by atoms with Crippen LogP contribution >= 0.6 is 0 Å². The van der Waals surface area contributed by atoms with E-state index in [0.717, 1.165) is 17.0 Å². The van der Waals surface area contributed by atoms with Gasteiger partial charge in [-0.15, -0.1) is 0 Å². The quantitative estimate of drug-likeness (QED) is 0.457. The molecule has 0 spiro atoms. The van der Waals surface area contributed by atoms with Gasteiger partial charge < -0.3 is 24.6 Å². The number of esters is 1. The second-order valence-electron chi connectivity index (χ2n) is 9.57. The molecular formula is C30H35NO6. The van der Waals surface area contributed by atoms with Crippen molar-refractivity contribution in [3.8, 4) is 17.2 Å². The fourth-order valence-corrected chi connectivity index (χ4v) is 5.07. The lowest BCUT2D eigenvalue weighted by Gasteiger charge is -2.37. The van der Waals surface area contributed by atoms with Gasteiger partial charge in [0.25, 0.3) is 0 Å². The zero-order valence-electron chi connectivity index (χ0n) is 22.1. The molecule has 2 aromatic rings. The maximum absolute atomic E-state index is 13.8. The van der Waals surface area contributed by atoms with Crippen molar-refractivity contribution < 1.29 is 28.9 Å². The lowest BCUT2D eigenvalue weighted by molar-refractivity contribution is -0.144. The van der Waals surface area contributed by atoms with Gasteiger partial charge in [0, 0.05) is 29.3 Å². The van der Waals surface area contributed by atoms with Crippen molar-refractivity contribution in [1.29, 1.82) is 0 Å². The third-order valence-corrected chi connectivity index (χ3v) is 7.13. The number of aromatic hydroxyl groups is 1. The van der Waals surface area contributed by atoms with Gasteiger partial charge in [-0.1, -0.05) is 25.1 Å². The fourth-order valence-electron chi connectivity index (χ4n) is 5.07. The number of allylic oxidation sites excluding steroid dienone is 3. The summed E-state index contributed by atoms with van der Waals surface area (Å²) >= 11 is 0. The Bertz CT molecular complexity index is 1240. The van der Waals surface area contributed by atoms with Gasteiger partial charge in [0.15, 0.2) is 17.3 Å². The molecule has 0 radical (unpaired) electrons. The van der Waals surface area contributed by atoms with Gasteiger partial charge >= 0.3 is 5.97 Å². The van der Waals surface area contributed by atoms with Crippen molar-refractivity contribution >= 4 is 11.8 Å². The Labute approximate surface area is 218 Å². The van der Waals surface area contributed by atoms with Crippen molar-refractivity contribution in [2.45, 2.75) is 64.9 Å². The number of nitrogens with one attached hydrogen (secondary N) is 1. The van der Waals surface area contributed by atoms with Crippen molar-refractivity contribution in [3.63, 3.8) is 0 Å². The maximum Gasteiger partial charge on any atom is 0.337 e. The van der Waals surface area contributed by atoms with Gasteiger partial charge in [-0.25, -0.2) is 4.79 Å². The van der Waals surface area contributed by atoms with Crippen LogP contribution in [-0.2, 0) is 14.3 Å². The largest absolute Gasteiger partial charge is 0.504 e. The third kappa shape index (κ3) is 5.36. The lowest BCUT2D eigenvalue weighted by Crippen LogP contribution is -2.36. The Hall–Kier alpha value is -3.74. The first-order valence-electron chi connectivity index (χ1n) is 12.8. The number of rotatable bonds is 8. The first-order chi connectivity index (χ1) is 17.8. The second-order valence-corrected chi connectivity index (χ2v) is 9.57. The van der Waals surface area contributed by atoms with Crippen molar-refractivity contribution in [2.24, 2.45) is 0 Å². The van der Waals surface area contributed by atoms with E-state index >= 15 is 0 Å². The molecular weight excluding hydrogens is 470 g/mol. The molecule has 37 heavy (non-hydrogen) atoms. The van der Waals surface area contributed by atoms with E-state index in [2.05, 4.69) is 5.32 Å². The Balaban J connectivity index is 1.79. The van der Waals surface area contributed by atoms with Crippen LogP contribution in [0.25, 0.3) is 0 Å². The van der Waals surface area contributed by atoms with Gasteiger partial charge in [-0.05, 0) is 74.9 Å². The number of hydrogen-bond acceptors (Lipinski definition) is 7. The molecule has 1 aliphatic heterocycles. The van der Waals surface area contributed by atoms with Gasteiger partial charge in [-0.2, -0.15) is 0 Å². The predicted molar refractivity (Wildman–Crippen MR) is 141 cm³/mol. The number of ether oxygens (including phenoxy) is 3. The number of benzene rings is 2. The highest BCUT2D eigenvalue weighted by molar-refractivity contribution is 6.04. The Morgan fingerprint density at radius 1 is 1.11 bits per heavy atom. The van der Waals surface area contributed by atoms with Crippen molar-refractivity contribution in [1.82, 2.24) is 5.32 Å². The first kappa shape index (κ1) is 26.3. The van der Waals surface area contributed by atoms with Gasteiger partial charge in [0.2, 0.25) is 0 Å². The number of carbonyl (C=O) groups excluding carboxylic acids is 2. The molecule has 1 aliphatic carbocycles. The number of carbonyl (C=O) groups is 2. The number of Topliss-reactive ketones (excluding diaryl/α,β-unsaturated/α-hetero) is 1. The molecule has 0 unspecified atom stereocenters. The summed E-state index contributed by atoms with van der Waals surface area (Å²) < 4.78 is 16.6. The van der Waals surface area contributed by atoms with E-state index in [1.807, 2.05) is 52.0 Å². The fraction of sp³-hybridized carbons (Fsp3) is 0.400. The average molecular weight is 506 g/mol. The van der Waals surface area contributed by atoms with E-state index in [0.29, 0.717) is 54.0 Å². The Morgan fingerprint density at radius 3 is 2.46 bits per heavy atom. The SMILES string of the molecule is CCOc1cc([C@@H]2C(C(=O)O[C@@H](C)CC)=C(C)NC3=C2C(=O)C[C@@H](c2ccc(OC)cc2)C3)ccc1O. The molecule has 4 rings (SSSR count). The molecule has 0 aromatic heterocycles. The molecule has 2 aromatic carbocycles. The van der Waals surface area contributed by atoms with Crippen LogP contribution in [0.1, 0.15) is 69.9 Å². The number of phenols is 1. The van der Waals surface area contributed by atoms with Crippen LogP contribution in [0.3, 0.4) is 0 Å². The minimum atomic E-state index is -0.628. The number of hydrogen-bond donors (Lipinski definition) is 2. The summed E-state index contributed by atoms with van der Waals surface area (Å²) in [6.07, 6.45) is 1.38. The molecule has 3 atom stereocenters. The monoisotopic (exact) mass is 505 g/mol. The van der Waals surface area contributed by atoms with Crippen molar-refractivity contribution in [3.05, 3.63) is 76.1 Å². The van der Waals surface area contributed by atoms with Crippen LogP contribution < -0.4 is 14.8 Å². The molecule has 0 fully saturated rings. The lowest BCUT2D eigenvalue weighted by atomic mass is 9.71. The zero-order valence-corrected chi connectivity index (χ0v) is 22.1. The Morgan fingerprint density at radius 2 is 1.81 bits per heavy atom. The molecule has 0 amide bonds. The van der Waals surface area contributed by atoms with Gasteiger partial charge in [0.1, 0.15) is 5.75 Å². The minimum absolute atomic E-state index is 0.00512. The summed E-state index contributed by atoms with van der Waals surface area (Å²) in [5.74, 6) is -0.0104. The van der Waals surface area contributed by atoms with Crippen LogP contribution in [-0.4, -0.2) is 36.7 Å². The maximum atomic E-state index is 13.8. The van der Waals surface area contributed by atoms with Gasteiger partial charge in [-0.3, -0.25) is 4.79 Å². The standard InChI is InChI=1S/C30H35NO6/c1-6-17(3)37-30(34)27-18(4)31-23-14-21(19-8-11-22(35-5)12-9-19)15-25(33)29(23)28(27)20-10-13-24(32)26(16-20)36-7-2/h8-13,16-17,21,28,31-32H,6-7,14-15H2,1-5H3/t17-,21-,28+/m0/s1. The zero-order chi connectivity index (χ0) is 26.7. The summed E-state index contributed by atoms with van der Waals surface area (Å²) in [7, 11) is 1.63. The molecule has 0 saturated carbocycles. The van der Waals surface area contributed by atoms with E-state index in [4.69, 9.17) is 14.2 Å². The highest BCUT2D eigenvalue weighted by Crippen LogP contribution is 2.47. The molecule has 196 valence electrons. The Kier molecular flexibility index (Phi) is 7.91.